The highest BCUT2D eigenvalue weighted by atomic mass is 79.9. The molecule has 0 saturated heterocycles. The minimum absolute atomic E-state index is 0.311. The Morgan fingerprint density at radius 2 is 2.12 bits per heavy atom. The van der Waals surface area contributed by atoms with Crippen LogP contribution in [0.15, 0.2) is 62.2 Å². The van der Waals surface area contributed by atoms with Crippen LogP contribution in [0.1, 0.15) is 4.88 Å². The summed E-state index contributed by atoms with van der Waals surface area (Å²) in [6.07, 6.45) is 0.915. The van der Waals surface area contributed by atoms with E-state index in [4.69, 9.17) is 5.11 Å². The molecule has 0 bridgehead atoms. The molecule has 3 rings (SSSR count). The van der Waals surface area contributed by atoms with Crippen LogP contribution in [0.4, 0.5) is 9.18 Å². The van der Waals surface area contributed by atoms with Gasteiger partial charge in [-0.05, 0) is 42.8 Å². The van der Waals surface area contributed by atoms with Crippen molar-refractivity contribution in [1.82, 2.24) is 10.3 Å². The molecule has 1 amide bonds. The molecule has 0 spiro atoms. The Kier molecular flexibility index (Phi) is 6.29. The highest BCUT2D eigenvalue weighted by Gasteiger charge is 2.16. The van der Waals surface area contributed by atoms with E-state index in [-0.39, 0.29) is 0 Å². The Morgan fingerprint density at radius 1 is 1.27 bits per heavy atom. The fourth-order valence-corrected chi connectivity index (χ4v) is 5.38. The highest BCUT2D eigenvalue weighted by molar-refractivity contribution is 9.10. The number of benzene rings is 1. The van der Waals surface area contributed by atoms with E-state index in [1.807, 2.05) is 30.3 Å². The molecule has 4 nitrogen and oxygen atoms in total. The summed E-state index contributed by atoms with van der Waals surface area (Å²) in [7, 11) is 0. The number of nitrogens with one attached hydrogen (secondary N) is 1. The van der Waals surface area contributed by atoms with Crippen molar-refractivity contribution in [2.24, 2.45) is 0 Å². The van der Waals surface area contributed by atoms with E-state index in [1.54, 1.807) is 23.9 Å². The molecule has 26 heavy (non-hydrogen) atoms. The topological polar surface area (TPSA) is 62.2 Å². The van der Waals surface area contributed by atoms with Crippen molar-refractivity contribution in [3.63, 3.8) is 0 Å². The molecule has 0 radical (unpaired) electrons. The van der Waals surface area contributed by atoms with Gasteiger partial charge in [0.05, 0.1) is 4.21 Å². The molecule has 0 aliphatic rings. The average Bonchev–Trinajstić information content (AvgIpc) is 2.97. The van der Waals surface area contributed by atoms with Gasteiger partial charge in [-0.3, -0.25) is 0 Å². The lowest BCUT2D eigenvalue weighted by atomic mass is 10.1. The van der Waals surface area contributed by atoms with Gasteiger partial charge in [0.15, 0.2) is 0 Å². The molecular formula is C18H14BrFN2O2S2. The predicted octanol–water partition coefficient (Wildman–Crippen LogP) is 5.67. The third-order valence-corrected chi connectivity index (χ3v) is 6.33. The van der Waals surface area contributed by atoms with E-state index in [1.165, 1.54) is 17.5 Å². The first kappa shape index (κ1) is 18.9. The molecule has 3 aromatic rings. The van der Waals surface area contributed by atoms with Crippen LogP contribution < -0.4 is 5.32 Å². The minimum Gasteiger partial charge on any atom is -0.465 e. The van der Waals surface area contributed by atoms with E-state index in [0.29, 0.717) is 18.5 Å². The van der Waals surface area contributed by atoms with Gasteiger partial charge in [0.25, 0.3) is 0 Å². The van der Waals surface area contributed by atoms with Crippen molar-refractivity contribution in [3.05, 3.63) is 64.0 Å². The lowest BCUT2D eigenvalue weighted by Gasteiger charge is -2.05. The number of halogens is 2. The summed E-state index contributed by atoms with van der Waals surface area (Å²) in [6.45, 7) is 0.311. The summed E-state index contributed by atoms with van der Waals surface area (Å²) in [5.74, 6) is -0.517. The lowest BCUT2D eigenvalue weighted by Crippen LogP contribution is -2.22. The summed E-state index contributed by atoms with van der Waals surface area (Å²) in [6, 6.07) is 13.2. The maximum atomic E-state index is 14.2. The van der Waals surface area contributed by atoms with Crippen LogP contribution in [0.25, 0.3) is 11.1 Å². The SMILES string of the molecule is O=C(O)NCCc1cc(-c2cccnc2F)c(Sc2cccc(Br)c2)s1. The Hall–Kier alpha value is -1.90. The summed E-state index contributed by atoms with van der Waals surface area (Å²) < 4.78 is 16.1. The number of thiophene rings is 1. The van der Waals surface area contributed by atoms with E-state index in [2.05, 4.69) is 26.2 Å². The number of aromatic nitrogens is 1. The van der Waals surface area contributed by atoms with Crippen LogP contribution in [-0.2, 0) is 6.42 Å². The Balaban J connectivity index is 1.93. The van der Waals surface area contributed by atoms with Crippen molar-refractivity contribution < 1.29 is 14.3 Å². The Morgan fingerprint density at radius 3 is 2.85 bits per heavy atom. The van der Waals surface area contributed by atoms with Crippen LogP contribution in [0.3, 0.4) is 0 Å². The fourth-order valence-electron chi connectivity index (χ4n) is 2.33. The first-order valence-corrected chi connectivity index (χ1v) is 10.1. The standard InChI is InChI=1S/C18H14BrFN2O2S2/c19-11-3-1-4-12(9-11)25-17-15(14-5-2-7-21-16(14)20)10-13(26-17)6-8-22-18(23)24/h1-5,7,9-10,22H,6,8H2,(H,23,24). The molecule has 0 fully saturated rings. The van der Waals surface area contributed by atoms with Crippen molar-refractivity contribution in [3.8, 4) is 11.1 Å². The van der Waals surface area contributed by atoms with Crippen molar-refractivity contribution in [2.45, 2.75) is 15.5 Å². The molecule has 0 unspecified atom stereocenters. The predicted molar refractivity (Wildman–Crippen MR) is 106 cm³/mol. The van der Waals surface area contributed by atoms with E-state index >= 15 is 0 Å². The van der Waals surface area contributed by atoms with Gasteiger partial charge in [-0.2, -0.15) is 4.39 Å². The molecule has 2 aromatic heterocycles. The summed E-state index contributed by atoms with van der Waals surface area (Å²) >= 11 is 6.55. The van der Waals surface area contributed by atoms with Crippen LogP contribution in [0.2, 0.25) is 0 Å². The second-order valence-corrected chi connectivity index (χ2v) is 8.69. The molecule has 0 aliphatic heterocycles. The molecule has 8 heteroatoms. The maximum absolute atomic E-state index is 14.2. The highest BCUT2D eigenvalue weighted by Crippen LogP contribution is 2.43. The van der Waals surface area contributed by atoms with Gasteiger partial charge in [0.1, 0.15) is 0 Å². The second-order valence-electron chi connectivity index (χ2n) is 5.30. The third kappa shape index (κ3) is 4.84. The number of pyridine rings is 1. The number of hydrogen-bond acceptors (Lipinski definition) is 4. The zero-order valence-corrected chi connectivity index (χ0v) is 16.6. The van der Waals surface area contributed by atoms with Crippen molar-refractivity contribution >= 4 is 45.1 Å². The second kappa shape index (κ2) is 8.66. The van der Waals surface area contributed by atoms with Crippen LogP contribution in [0, 0.1) is 5.95 Å². The molecule has 0 aliphatic carbocycles. The molecule has 0 saturated carbocycles. The lowest BCUT2D eigenvalue weighted by molar-refractivity contribution is 0.194. The van der Waals surface area contributed by atoms with Gasteiger partial charge in [0.2, 0.25) is 5.95 Å². The van der Waals surface area contributed by atoms with Gasteiger partial charge in [-0.25, -0.2) is 9.78 Å². The average molecular weight is 453 g/mol. The largest absolute Gasteiger partial charge is 0.465 e. The fraction of sp³-hybridized carbons (Fsp3) is 0.111. The van der Waals surface area contributed by atoms with E-state index in [9.17, 15) is 9.18 Å². The molecule has 0 atom stereocenters. The van der Waals surface area contributed by atoms with Gasteiger partial charge in [-0.15, -0.1) is 11.3 Å². The number of hydrogen-bond donors (Lipinski definition) is 2. The van der Waals surface area contributed by atoms with Gasteiger partial charge < -0.3 is 10.4 Å². The van der Waals surface area contributed by atoms with Crippen LogP contribution in [0.5, 0.6) is 0 Å². The number of carbonyl (C=O) groups is 1. The van der Waals surface area contributed by atoms with Crippen LogP contribution >= 0.6 is 39.0 Å². The number of rotatable bonds is 6. The number of amides is 1. The summed E-state index contributed by atoms with van der Waals surface area (Å²) in [4.78, 5) is 16.4. The molecule has 1 aromatic carbocycles. The molecule has 2 heterocycles. The number of nitrogens with zero attached hydrogens (tertiary/aromatic N) is 1. The first-order valence-electron chi connectivity index (χ1n) is 7.67. The summed E-state index contributed by atoms with van der Waals surface area (Å²) in [5, 5.41) is 11.1. The minimum atomic E-state index is -1.05. The zero-order chi connectivity index (χ0) is 18.5. The first-order chi connectivity index (χ1) is 12.5. The van der Waals surface area contributed by atoms with Crippen LogP contribution in [-0.4, -0.2) is 22.7 Å². The Bertz CT molecular complexity index is 933. The zero-order valence-electron chi connectivity index (χ0n) is 13.4. The smallest absolute Gasteiger partial charge is 0.404 e. The summed E-state index contributed by atoms with van der Waals surface area (Å²) in [5.41, 5.74) is 1.22. The molecular weight excluding hydrogens is 439 g/mol. The molecule has 134 valence electrons. The molecule has 2 N–H and O–H groups in total. The van der Waals surface area contributed by atoms with Gasteiger partial charge in [-0.1, -0.05) is 33.8 Å². The van der Waals surface area contributed by atoms with Gasteiger partial charge in [0, 0.05) is 38.1 Å². The van der Waals surface area contributed by atoms with Gasteiger partial charge >= 0.3 is 6.09 Å². The number of carboxylic acid groups (broad SMARTS) is 1. The van der Waals surface area contributed by atoms with E-state index in [0.717, 1.165) is 24.0 Å². The maximum Gasteiger partial charge on any atom is 0.404 e. The van der Waals surface area contributed by atoms with Crippen molar-refractivity contribution in [2.75, 3.05) is 6.54 Å². The van der Waals surface area contributed by atoms with E-state index < -0.39 is 12.0 Å². The monoisotopic (exact) mass is 452 g/mol. The Labute approximate surface area is 166 Å². The normalized spacial score (nSPS) is 10.7. The van der Waals surface area contributed by atoms with Crippen molar-refractivity contribution in [1.29, 1.82) is 0 Å². The third-order valence-electron chi connectivity index (χ3n) is 3.45. The quantitative estimate of drug-likeness (QED) is 0.472.